The number of carbonyl (C=O) groups is 2. The van der Waals surface area contributed by atoms with Gasteiger partial charge in [-0.3, -0.25) is 20.3 Å². The molecular weight excluding hydrogens is 254 g/mol. The Bertz CT molecular complexity index is 597. The van der Waals surface area contributed by atoms with E-state index in [1.165, 1.54) is 24.3 Å². The van der Waals surface area contributed by atoms with Crippen LogP contribution in [0.5, 0.6) is 0 Å². The lowest BCUT2D eigenvalue weighted by molar-refractivity contribution is -0.385. The number of nitro benzene ring substituents is 1. The number of nitro groups is 1. The molecule has 0 spiro atoms. The first kappa shape index (κ1) is 12.5. The number of carbonyl (C=O) groups excluding carboxylic acids is 2. The van der Waals surface area contributed by atoms with Gasteiger partial charge in [-0.25, -0.2) is 16.1 Å². The van der Waals surface area contributed by atoms with Gasteiger partial charge in [-0.05, 0) is 12.1 Å². The fourth-order valence-corrected chi connectivity index (χ4v) is 1.49. The zero-order valence-corrected chi connectivity index (χ0v) is 9.49. The molecule has 4 N–H and O–H groups in total. The molecule has 1 aliphatic heterocycles. The van der Waals surface area contributed by atoms with Crippen molar-refractivity contribution in [2.24, 2.45) is 5.84 Å². The van der Waals surface area contributed by atoms with E-state index in [4.69, 9.17) is 5.84 Å². The molecular formula is C10H9N5O4. The van der Waals surface area contributed by atoms with Crippen LogP contribution in [0.3, 0.4) is 0 Å². The van der Waals surface area contributed by atoms with Crippen molar-refractivity contribution in [2.45, 2.75) is 0 Å². The summed E-state index contributed by atoms with van der Waals surface area (Å²) in [6.45, 7) is 0. The van der Waals surface area contributed by atoms with Gasteiger partial charge >= 0.3 is 6.03 Å². The van der Waals surface area contributed by atoms with Crippen molar-refractivity contribution in [2.75, 3.05) is 0 Å². The predicted octanol–water partition coefficient (Wildman–Crippen LogP) is -0.134. The summed E-state index contributed by atoms with van der Waals surface area (Å²) in [5.41, 5.74) is 4.45. The molecule has 9 heteroatoms. The number of hydrogen-bond acceptors (Lipinski definition) is 6. The number of nitrogens with one attached hydrogen (secondary N) is 2. The largest absolute Gasteiger partial charge is 0.357 e. The van der Waals surface area contributed by atoms with E-state index in [9.17, 15) is 19.7 Å². The maximum atomic E-state index is 11.7. The molecule has 1 aromatic carbocycles. The highest BCUT2D eigenvalue weighted by Crippen LogP contribution is 2.20. The molecule has 0 atom stereocenters. The number of nitrogens with zero attached hydrogens (tertiary/aromatic N) is 2. The molecule has 1 heterocycles. The summed E-state index contributed by atoms with van der Waals surface area (Å²) < 4.78 is 0. The van der Waals surface area contributed by atoms with Crippen molar-refractivity contribution in [3.63, 3.8) is 0 Å². The Labute approximate surface area is 106 Å². The summed E-state index contributed by atoms with van der Waals surface area (Å²) in [4.78, 5) is 33.0. The lowest BCUT2D eigenvalue weighted by Gasteiger charge is -2.24. The number of urea groups is 1. The molecule has 0 radical (unpaired) electrons. The van der Waals surface area contributed by atoms with Crippen molar-refractivity contribution in [1.82, 2.24) is 15.9 Å². The van der Waals surface area contributed by atoms with Gasteiger partial charge in [0.05, 0.1) is 10.5 Å². The first-order valence-corrected chi connectivity index (χ1v) is 5.11. The van der Waals surface area contributed by atoms with E-state index in [-0.39, 0.29) is 16.9 Å². The average Bonchev–Trinajstić information content (AvgIpc) is 2.40. The van der Waals surface area contributed by atoms with Gasteiger partial charge in [0.2, 0.25) is 0 Å². The Kier molecular flexibility index (Phi) is 3.12. The number of hydrazine groups is 2. The molecule has 3 amide bonds. The molecule has 0 aliphatic carbocycles. The van der Waals surface area contributed by atoms with Crippen molar-refractivity contribution >= 4 is 23.7 Å². The molecule has 0 aromatic heterocycles. The SMILES string of the molecule is NN1C(=O)NN/C(=C\c2ccccc2[N+](=O)[O-])C1=O. The van der Waals surface area contributed by atoms with Gasteiger partial charge in [0.1, 0.15) is 5.70 Å². The van der Waals surface area contributed by atoms with E-state index in [0.717, 1.165) is 0 Å². The summed E-state index contributed by atoms with van der Waals surface area (Å²) in [5.74, 6) is 4.43. The van der Waals surface area contributed by atoms with Crippen LogP contribution in [0.2, 0.25) is 0 Å². The molecule has 1 saturated heterocycles. The summed E-state index contributed by atoms with van der Waals surface area (Å²) in [6.07, 6.45) is 1.24. The van der Waals surface area contributed by atoms with Gasteiger partial charge in [0.15, 0.2) is 0 Å². The standard InChI is InChI=1S/C10H9N5O4/c11-14-9(16)7(12-13-10(14)17)5-6-3-1-2-4-8(6)15(18)19/h1-5,12H,11H2,(H,13,17)/b7-5-. The quantitative estimate of drug-likeness (QED) is 0.224. The van der Waals surface area contributed by atoms with Crippen LogP contribution >= 0.6 is 0 Å². The van der Waals surface area contributed by atoms with Crippen LogP contribution in [-0.4, -0.2) is 21.9 Å². The number of amides is 3. The fourth-order valence-electron chi connectivity index (χ4n) is 1.49. The molecule has 98 valence electrons. The first-order valence-electron chi connectivity index (χ1n) is 5.11. The van der Waals surface area contributed by atoms with Gasteiger partial charge in [-0.1, -0.05) is 12.1 Å². The van der Waals surface area contributed by atoms with Crippen LogP contribution < -0.4 is 16.7 Å². The Balaban J connectivity index is 2.39. The van der Waals surface area contributed by atoms with E-state index in [1.54, 1.807) is 6.07 Å². The van der Waals surface area contributed by atoms with Crippen LogP contribution in [0, 0.1) is 10.1 Å². The topological polar surface area (TPSA) is 131 Å². The zero-order chi connectivity index (χ0) is 14.0. The lowest BCUT2D eigenvalue weighted by atomic mass is 10.1. The highest BCUT2D eigenvalue weighted by atomic mass is 16.6. The molecule has 19 heavy (non-hydrogen) atoms. The molecule has 1 aromatic rings. The highest BCUT2D eigenvalue weighted by molar-refractivity contribution is 6.07. The fraction of sp³-hybridized carbons (Fsp3) is 0. The monoisotopic (exact) mass is 263 g/mol. The van der Waals surface area contributed by atoms with E-state index in [2.05, 4.69) is 10.9 Å². The van der Waals surface area contributed by atoms with E-state index in [0.29, 0.717) is 5.01 Å². The van der Waals surface area contributed by atoms with Crippen LogP contribution in [-0.2, 0) is 4.79 Å². The number of benzene rings is 1. The van der Waals surface area contributed by atoms with Crippen LogP contribution in [0.25, 0.3) is 6.08 Å². The van der Waals surface area contributed by atoms with Gasteiger partial charge in [-0.2, -0.15) is 5.01 Å². The summed E-state index contributed by atoms with van der Waals surface area (Å²) in [6, 6.07) is 5.05. The first-order chi connectivity index (χ1) is 9.00. The third kappa shape index (κ3) is 2.35. The lowest BCUT2D eigenvalue weighted by Crippen LogP contribution is -2.59. The molecule has 0 saturated carbocycles. The molecule has 9 nitrogen and oxygen atoms in total. The van der Waals surface area contributed by atoms with Gasteiger partial charge < -0.3 is 0 Å². The number of hydrogen-bond donors (Lipinski definition) is 3. The Morgan fingerprint density at radius 2 is 1.95 bits per heavy atom. The number of imide groups is 1. The normalized spacial score (nSPS) is 17.1. The second-order valence-electron chi connectivity index (χ2n) is 3.60. The third-order valence-electron chi connectivity index (χ3n) is 2.41. The predicted molar refractivity (Wildman–Crippen MR) is 63.8 cm³/mol. The maximum absolute atomic E-state index is 11.7. The number of rotatable bonds is 2. The number of para-hydroxylation sites is 1. The zero-order valence-electron chi connectivity index (χ0n) is 9.49. The van der Waals surface area contributed by atoms with E-state index >= 15 is 0 Å². The van der Waals surface area contributed by atoms with Gasteiger partial charge in [-0.15, -0.1) is 0 Å². The number of nitrogens with two attached hydrogens (primary N) is 1. The Morgan fingerprint density at radius 3 is 2.63 bits per heavy atom. The summed E-state index contributed by atoms with van der Waals surface area (Å²) in [7, 11) is 0. The highest BCUT2D eigenvalue weighted by Gasteiger charge is 2.27. The minimum atomic E-state index is -0.815. The van der Waals surface area contributed by atoms with Crippen molar-refractivity contribution in [3.05, 3.63) is 45.6 Å². The van der Waals surface area contributed by atoms with E-state index < -0.39 is 16.9 Å². The van der Waals surface area contributed by atoms with Crippen molar-refractivity contribution in [3.8, 4) is 0 Å². The van der Waals surface area contributed by atoms with Crippen LogP contribution in [0.1, 0.15) is 5.56 Å². The smallest absolute Gasteiger partial charge is 0.292 e. The second kappa shape index (κ2) is 4.74. The average molecular weight is 263 g/mol. The van der Waals surface area contributed by atoms with E-state index in [1.807, 2.05) is 0 Å². The van der Waals surface area contributed by atoms with Crippen molar-refractivity contribution in [1.29, 1.82) is 0 Å². The maximum Gasteiger partial charge on any atom is 0.357 e. The molecule has 1 aliphatic rings. The molecule has 0 bridgehead atoms. The summed E-state index contributed by atoms with van der Waals surface area (Å²) in [5, 5.41) is 11.2. The molecule has 2 rings (SSSR count). The third-order valence-corrected chi connectivity index (χ3v) is 2.41. The van der Waals surface area contributed by atoms with Crippen LogP contribution in [0.4, 0.5) is 10.5 Å². The van der Waals surface area contributed by atoms with Gasteiger partial charge in [0, 0.05) is 6.07 Å². The van der Waals surface area contributed by atoms with Crippen LogP contribution in [0.15, 0.2) is 30.0 Å². The minimum absolute atomic E-state index is 0.0728. The minimum Gasteiger partial charge on any atom is -0.292 e. The van der Waals surface area contributed by atoms with Gasteiger partial charge in [0.25, 0.3) is 11.6 Å². The molecule has 1 fully saturated rings. The van der Waals surface area contributed by atoms with Crippen molar-refractivity contribution < 1.29 is 14.5 Å². The second-order valence-corrected chi connectivity index (χ2v) is 3.60. The Morgan fingerprint density at radius 1 is 1.26 bits per heavy atom. The summed E-state index contributed by atoms with van der Waals surface area (Å²) >= 11 is 0. The Hall–Kier alpha value is -2.94. The molecule has 0 unspecified atom stereocenters.